The van der Waals surface area contributed by atoms with Crippen molar-refractivity contribution in [3.63, 3.8) is 0 Å². The molecule has 1 saturated carbocycles. The number of hydrogen-bond acceptors (Lipinski definition) is 2. The number of rotatable bonds is 12. The lowest BCUT2D eigenvalue weighted by Crippen LogP contribution is -2.25. The number of ether oxygens (including phenoxy) is 1. The van der Waals surface area contributed by atoms with Gasteiger partial charge in [0.1, 0.15) is 5.75 Å². The summed E-state index contributed by atoms with van der Waals surface area (Å²) in [5, 5.41) is 4.37. The number of benzene rings is 1. The van der Waals surface area contributed by atoms with Gasteiger partial charge in [-0.2, -0.15) is 0 Å². The van der Waals surface area contributed by atoms with Crippen molar-refractivity contribution in [2.24, 2.45) is 0 Å². The number of unbranched alkanes of at least 4 members (excludes halogenated alkanes) is 6. The van der Waals surface area contributed by atoms with E-state index in [9.17, 15) is 0 Å². The van der Waals surface area contributed by atoms with E-state index < -0.39 is 0 Å². The fourth-order valence-corrected chi connectivity index (χ4v) is 3.66. The van der Waals surface area contributed by atoms with Crippen LogP contribution in [0.5, 0.6) is 5.75 Å². The lowest BCUT2D eigenvalue weighted by molar-refractivity contribution is 0.304. The summed E-state index contributed by atoms with van der Waals surface area (Å²) < 4.78 is 5.85. The van der Waals surface area contributed by atoms with E-state index in [2.05, 4.69) is 18.3 Å². The summed E-state index contributed by atoms with van der Waals surface area (Å²) >= 11 is 6.37. The van der Waals surface area contributed by atoms with Crippen LogP contribution in [-0.2, 0) is 6.54 Å². The van der Waals surface area contributed by atoms with Crippen LogP contribution >= 0.6 is 11.6 Å². The van der Waals surface area contributed by atoms with E-state index in [-0.39, 0.29) is 0 Å². The van der Waals surface area contributed by atoms with Gasteiger partial charge < -0.3 is 10.1 Å². The van der Waals surface area contributed by atoms with E-state index in [1.54, 1.807) is 0 Å². The van der Waals surface area contributed by atoms with Crippen molar-refractivity contribution in [1.29, 1.82) is 0 Å². The highest BCUT2D eigenvalue weighted by Gasteiger charge is 2.14. The third-order valence-electron chi connectivity index (χ3n) is 4.95. The van der Waals surface area contributed by atoms with Crippen LogP contribution in [0, 0.1) is 0 Å². The van der Waals surface area contributed by atoms with Crippen molar-refractivity contribution in [3.8, 4) is 5.75 Å². The Morgan fingerprint density at radius 2 is 1.75 bits per heavy atom. The molecule has 0 radical (unpaired) electrons. The van der Waals surface area contributed by atoms with Crippen molar-refractivity contribution in [2.75, 3.05) is 6.61 Å². The summed E-state index contributed by atoms with van der Waals surface area (Å²) in [7, 11) is 0. The Morgan fingerprint density at radius 1 is 1.04 bits per heavy atom. The molecule has 0 heterocycles. The molecule has 0 bridgehead atoms. The van der Waals surface area contributed by atoms with Gasteiger partial charge in [0, 0.05) is 12.6 Å². The molecule has 2 nitrogen and oxygen atoms in total. The average Bonchev–Trinajstić information content (AvgIpc) is 3.10. The fourth-order valence-electron chi connectivity index (χ4n) is 3.40. The second kappa shape index (κ2) is 11.8. The maximum Gasteiger partial charge on any atom is 0.137 e. The second-order valence-corrected chi connectivity index (χ2v) is 7.50. The van der Waals surface area contributed by atoms with E-state index in [1.807, 2.05) is 12.1 Å². The summed E-state index contributed by atoms with van der Waals surface area (Å²) in [4.78, 5) is 0. The highest BCUT2D eigenvalue weighted by atomic mass is 35.5. The molecule has 1 aromatic carbocycles. The second-order valence-electron chi connectivity index (χ2n) is 7.10. The smallest absolute Gasteiger partial charge is 0.137 e. The van der Waals surface area contributed by atoms with Crippen LogP contribution in [0.25, 0.3) is 0 Å². The molecule has 24 heavy (non-hydrogen) atoms. The van der Waals surface area contributed by atoms with Crippen molar-refractivity contribution in [1.82, 2.24) is 5.32 Å². The monoisotopic (exact) mass is 351 g/mol. The topological polar surface area (TPSA) is 21.3 Å². The van der Waals surface area contributed by atoms with Crippen LogP contribution in [0.3, 0.4) is 0 Å². The van der Waals surface area contributed by atoms with E-state index in [4.69, 9.17) is 16.3 Å². The molecule has 2 rings (SSSR count). The molecular formula is C21H34ClNO. The zero-order chi connectivity index (χ0) is 17.0. The van der Waals surface area contributed by atoms with Gasteiger partial charge in [-0.25, -0.2) is 0 Å². The van der Waals surface area contributed by atoms with Gasteiger partial charge in [0.2, 0.25) is 0 Å². The maximum atomic E-state index is 6.37. The zero-order valence-corrected chi connectivity index (χ0v) is 16.0. The Balaban J connectivity index is 1.61. The third-order valence-corrected chi connectivity index (χ3v) is 5.25. The molecule has 0 aromatic heterocycles. The fraction of sp³-hybridized carbons (Fsp3) is 0.714. The highest BCUT2D eigenvalue weighted by Crippen LogP contribution is 2.26. The predicted molar refractivity (Wildman–Crippen MR) is 104 cm³/mol. The van der Waals surface area contributed by atoms with Crippen LogP contribution in [0.4, 0.5) is 0 Å². The predicted octanol–water partition coefficient (Wildman–Crippen LogP) is 6.50. The zero-order valence-electron chi connectivity index (χ0n) is 15.3. The molecule has 1 aromatic rings. The minimum absolute atomic E-state index is 0.692. The number of hydrogen-bond donors (Lipinski definition) is 1. The van der Waals surface area contributed by atoms with E-state index in [0.717, 1.165) is 30.3 Å². The average molecular weight is 352 g/mol. The molecule has 0 spiro atoms. The Kier molecular flexibility index (Phi) is 9.60. The lowest BCUT2D eigenvalue weighted by atomic mass is 10.1. The van der Waals surface area contributed by atoms with Gasteiger partial charge >= 0.3 is 0 Å². The molecule has 0 atom stereocenters. The van der Waals surface area contributed by atoms with E-state index in [0.29, 0.717) is 6.04 Å². The minimum Gasteiger partial charge on any atom is -0.492 e. The van der Waals surface area contributed by atoms with Crippen LogP contribution in [0.15, 0.2) is 18.2 Å². The first kappa shape index (κ1) is 19.6. The molecule has 0 amide bonds. The Labute approximate surface area is 153 Å². The molecule has 1 aliphatic carbocycles. The summed E-state index contributed by atoms with van der Waals surface area (Å²) in [5.41, 5.74) is 1.25. The Morgan fingerprint density at radius 3 is 2.46 bits per heavy atom. The first-order chi connectivity index (χ1) is 11.8. The van der Waals surface area contributed by atoms with Crippen LogP contribution in [0.2, 0.25) is 5.02 Å². The summed E-state index contributed by atoms with van der Waals surface area (Å²) in [5.74, 6) is 0.826. The first-order valence-electron chi connectivity index (χ1n) is 9.94. The van der Waals surface area contributed by atoms with Crippen molar-refractivity contribution in [3.05, 3.63) is 28.8 Å². The van der Waals surface area contributed by atoms with Crippen molar-refractivity contribution in [2.45, 2.75) is 90.1 Å². The quantitative estimate of drug-likeness (QED) is 0.434. The van der Waals surface area contributed by atoms with Gasteiger partial charge in [0.25, 0.3) is 0 Å². The summed E-state index contributed by atoms with van der Waals surface area (Å²) in [6.07, 6.45) is 14.5. The molecular weight excluding hydrogens is 318 g/mol. The number of nitrogens with one attached hydrogen (secondary N) is 1. The number of halogens is 1. The lowest BCUT2D eigenvalue weighted by Gasteiger charge is -2.13. The van der Waals surface area contributed by atoms with Gasteiger partial charge in [0.05, 0.1) is 11.6 Å². The van der Waals surface area contributed by atoms with Crippen molar-refractivity contribution < 1.29 is 4.74 Å². The first-order valence-corrected chi connectivity index (χ1v) is 10.3. The Bertz CT molecular complexity index is 457. The Hall–Kier alpha value is -0.730. The molecule has 1 aliphatic rings. The largest absolute Gasteiger partial charge is 0.492 e. The van der Waals surface area contributed by atoms with Gasteiger partial charge in [-0.15, -0.1) is 0 Å². The molecule has 1 N–H and O–H groups in total. The van der Waals surface area contributed by atoms with Gasteiger partial charge in [-0.05, 0) is 37.0 Å². The molecule has 0 unspecified atom stereocenters. The maximum absolute atomic E-state index is 6.37. The highest BCUT2D eigenvalue weighted by molar-refractivity contribution is 6.32. The van der Waals surface area contributed by atoms with Gasteiger partial charge in [-0.1, -0.05) is 76.0 Å². The summed E-state index contributed by atoms with van der Waals surface area (Å²) in [6.45, 7) is 3.93. The normalized spacial score (nSPS) is 15.1. The molecule has 0 aliphatic heterocycles. The minimum atomic E-state index is 0.692. The molecule has 3 heteroatoms. The van der Waals surface area contributed by atoms with Gasteiger partial charge in [0.15, 0.2) is 0 Å². The standard InChI is InChI=1S/C21H34ClNO/c1-2-3-4-5-6-7-10-15-24-21-14-13-18(16-20(21)22)17-23-19-11-8-9-12-19/h13-14,16,19,23H,2-12,15,17H2,1H3. The molecule has 1 fully saturated rings. The van der Waals surface area contributed by atoms with E-state index in [1.165, 1.54) is 69.8 Å². The molecule has 0 saturated heterocycles. The van der Waals surface area contributed by atoms with Crippen molar-refractivity contribution >= 4 is 11.6 Å². The SMILES string of the molecule is CCCCCCCCCOc1ccc(CNC2CCCC2)cc1Cl. The van der Waals surface area contributed by atoms with Crippen LogP contribution in [-0.4, -0.2) is 12.6 Å². The van der Waals surface area contributed by atoms with Crippen LogP contribution in [0.1, 0.15) is 83.1 Å². The van der Waals surface area contributed by atoms with Crippen LogP contribution < -0.4 is 10.1 Å². The van der Waals surface area contributed by atoms with E-state index >= 15 is 0 Å². The third kappa shape index (κ3) is 7.44. The summed E-state index contributed by atoms with van der Waals surface area (Å²) in [6, 6.07) is 6.89. The van der Waals surface area contributed by atoms with Gasteiger partial charge in [-0.3, -0.25) is 0 Å². The molecule has 136 valence electrons.